The third-order valence-electron chi connectivity index (χ3n) is 5.76. The van der Waals surface area contributed by atoms with Crippen LogP contribution in [0.25, 0.3) is 0 Å². The summed E-state index contributed by atoms with van der Waals surface area (Å²) in [7, 11) is 0. The van der Waals surface area contributed by atoms with Gasteiger partial charge in [-0.3, -0.25) is 19.2 Å². The van der Waals surface area contributed by atoms with Crippen molar-refractivity contribution in [2.45, 2.75) is 63.7 Å². The smallest absolute Gasteiger partial charge is 0.326 e. The van der Waals surface area contributed by atoms with E-state index >= 15 is 0 Å². The van der Waals surface area contributed by atoms with Crippen molar-refractivity contribution in [3.63, 3.8) is 0 Å². The van der Waals surface area contributed by atoms with E-state index in [1.165, 1.54) is 12.5 Å². The molecule has 1 heterocycles. The number of aliphatic carboxylic acids is 2. The van der Waals surface area contributed by atoms with E-state index in [4.69, 9.17) is 10.8 Å². The molecule has 0 spiro atoms. The summed E-state index contributed by atoms with van der Waals surface area (Å²) in [5, 5.41) is 25.7. The highest BCUT2D eigenvalue weighted by atomic mass is 16.4. The number of rotatable bonds is 15. The van der Waals surface area contributed by atoms with E-state index in [1.54, 1.807) is 13.8 Å². The van der Waals surface area contributed by atoms with Gasteiger partial charge in [0.25, 0.3) is 0 Å². The van der Waals surface area contributed by atoms with Crippen LogP contribution in [0.4, 0.5) is 0 Å². The SMILES string of the molecule is CC(C)C(NC(=O)C(Cc1cnc[nH]1)NC(=O)C(N)Cc1ccccc1)C(=O)NC(CCC(=O)O)C(=O)O. The number of nitrogens with zero attached hydrogens (tertiary/aromatic N) is 1. The van der Waals surface area contributed by atoms with Gasteiger partial charge in [0.1, 0.15) is 18.1 Å². The summed E-state index contributed by atoms with van der Waals surface area (Å²) in [4.78, 5) is 68.1. The monoisotopic (exact) mass is 530 g/mol. The van der Waals surface area contributed by atoms with Crippen LogP contribution in [0.5, 0.6) is 0 Å². The average molecular weight is 531 g/mol. The molecule has 4 unspecified atom stereocenters. The molecule has 0 saturated carbocycles. The number of carbonyl (C=O) groups excluding carboxylic acids is 3. The Balaban J connectivity index is 2.14. The number of carboxylic acids is 2. The first-order valence-corrected chi connectivity index (χ1v) is 12.1. The van der Waals surface area contributed by atoms with Gasteiger partial charge in [-0.2, -0.15) is 0 Å². The molecule has 0 aliphatic carbocycles. The van der Waals surface area contributed by atoms with E-state index < -0.39 is 66.2 Å². The number of nitrogens with one attached hydrogen (secondary N) is 4. The Morgan fingerprint density at radius 1 is 0.921 bits per heavy atom. The Morgan fingerprint density at radius 2 is 1.58 bits per heavy atom. The Kier molecular flexibility index (Phi) is 11.4. The molecule has 0 saturated heterocycles. The lowest BCUT2D eigenvalue weighted by Gasteiger charge is -2.27. The Hall–Kier alpha value is -4.26. The molecule has 1 aromatic heterocycles. The molecule has 0 radical (unpaired) electrons. The molecule has 0 bridgehead atoms. The number of aromatic nitrogens is 2. The molecular weight excluding hydrogens is 496 g/mol. The predicted octanol–water partition coefficient (Wildman–Crippen LogP) is -0.418. The average Bonchev–Trinajstić information content (AvgIpc) is 3.37. The number of aromatic amines is 1. The number of nitrogens with two attached hydrogens (primary N) is 1. The number of benzene rings is 1. The van der Waals surface area contributed by atoms with Crippen molar-refractivity contribution >= 4 is 29.7 Å². The Bertz CT molecular complexity index is 1090. The summed E-state index contributed by atoms with van der Waals surface area (Å²) in [6.07, 6.45) is 2.39. The molecule has 2 rings (SSSR count). The lowest BCUT2D eigenvalue weighted by Crippen LogP contribution is -2.59. The fourth-order valence-electron chi connectivity index (χ4n) is 3.64. The van der Waals surface area contributed by atoms with Gasteiger partial charge in [0.2, 0.25) is 17.7 Å². The number of carboxylic acid groups (broad SMARTS) is 2. The van der Waals surface area contributed by atoms with Crippen LogP contribution >= 0.6 is 0 Å². The molecule has 206 valence electrons. The minimum atomic E-state index is -1.45. The normalized spacial score (nSPS) is 14.1. The second-order valence-corrected chi connectivity index (χ2v) is 9.20. The molecule has 8 N–H and O–H groups in total. The van der Waals surface area contributed by atoms with Crippen LogP contribution in [-0.2, 0) is 36.8 Å². The number of amides is 3. The van der Waals surface area contributed by atoms with Crippen LogP contribution in [-0.4, -0.2) is 74.0 Å². The highest BCUT2D eigenvalue weighted by molar-refractivity contribution is 5.94. The molecule has 13 nitrogen and oxygen atoms in total. The molecular formula is C25H34N6O7. The lowest BCUT2D eigenvalue weighted by molar-refractivity contribution is -0.143. The maximum Gasteiger partial charge on any atom is 0.326 e. The van der Waals surface area contributed by atoms with Gasteiger partial charge in [0, 0.05) is 24.7 Å². The fraction of sp³-hybridized carbons (Fsp3) is 0.440. The van der Waals surface area contributed by atoms with Crippen LogP contribution in [0, 0.1) is 5.92 Å². The largest absolute Gasteiger partial charge is 0.481 e. The van der Waals surface area contributed by atoms with Gasteiger partial charge in [0.05, 0.1) is 12.4 Å². The number of imidazole rings is 1. The Morgan fingerprint density at radius 3 is 2.13 bits per heavy atom. The van der Waals surface area contributed by atoms with Crippen LogP contribution in [0.2, 0.25) is 0 Å². The number of H-pyrrole nitrogens is 1. The summed E-state index contributed by atoms with van der Waals surface area (Å²) in [6.45, 7) is 3.30. The summed E-state index contributed by atoms with van der Waals surface area (Å²) in [5.41, 5.74) is 7.47. The summed E-state index contributed by atoms with van der Waals surface area (Å²) in [5.74, 6) is -5.12. The quantitative estimate of drug-likeness (QED) is 0.159. The standard InChI is InChI=1S/C25H34N6O7/c1-14(2)21(24(36)29-18(25(37)38)8-9-20(32)33)31-23(35)19(11-16-12-27-13-28-16)30-22(34)17(26)10-15-6-4-3-5-7-15/h3-7,12-14,17-19,21H,8-11,26H2,1-2H3,(H,27,28)(H,29,36)(H,30,34)(H,31,35)(H,32,33)(H,37,38). The third kappa shape index (κ3) is 9.65. The van der Waals surface area contributed by atoms with Crippen molar-refractivity contribution < 1.29 is 34.2 Å². The lowest BCUT2D eigenvalue weighted by atomic mass is 10.0. The van der Waals surface area contributed by atoms with Crippen molar-refractivity contribution in [1.29, 1.82) is 0 Å². The minimum absolute atomic E-state index is 0.0262. The second kappa shape index (κ2) is 14.5. The van der Waals surface area contributed by atoms with Crippen molar-refractivity contribution in [1.82, 2.24) is 25.9 Å². The van der Waals surface area contributed by atoms with Gasteiger partial charge in [-0.1, -0.05) is 44.2 Å². The number of hydrogen-bond donors (Lipinski definition) is 7. The van der Waals surface area contributed by atoms with E-state index in [2.05, 4.69) is 25.9 Å². The van der Waals surface area contributed by atoms with Crippen molar-refractivity contribution in [2.75, 3.05) is 0 Å². The Labute approximate surface area is 219 Å². The predicted molar refractivity (Wildman–Crippen MR) is 136 cm³/mol. The van der Waals surface area contributed by atoms with Crippen LogP contribution in [0.15, 0.2) is 42.9 Å². The molecule has 0 fully saturated rings. The molecule has 4 atom stereocenters. The van der Waals surface area contributed by atoms with E-state index in [-0.39, 0.29) is 19.3 Å². The highest BCUT2D eigenvalue weighted by Gasteiger charge is 2.32. The van der Waals surface area contributed by atoms with Gasteiger partial charge < -0.3 is 36.9 Å². The number of hydrogen-bond acceptors (Lipinski definition) is 7. The maximum absolute atomic E-state index is 13.3. The number of carbonyl (C=O) groups is 5. The van der Waals surface area contributed by atoms with E-state index in [0.717, 1.165) is 5.56 Å². The minimum Gasteiger partial charge on any atom is -0.481 e. The second-order valence-electron chi connectivity index (χ2n) is 9.20. The third-order valence-corrected chi connectivity index (χ3v) is 5.76. The zero-order valence-electron chi connectivity index (χ0n) is 21.2. The van der Waals surface area contributed by atoms with E-state index in [1.807, 2.05) is 30.3 Å². The zero-order chi connectivity index (χ0) is 28.2. The maximum atomic E-state index is 13.3. The summed E-state index contributed by atoms with van der Waals surface area (Å²) >= 11 is 0. The fourth-order valence-corrected chi connectivity index (χ4v) is 3.64. The molecule has 1 aromatic carbocycles. The first-order valence-electron chi connectivity index (χ1n) is 12.1. The van der Waals surface area contributed by atoms with Gasteiger partial charge in [0.15, 0.2) is 0 Å². The molecule has 13 heteroatoms. The summed E-state index contributed by atoms with van der Waals surface area (Å²) < 4.78 is 0. The van der Waals surface area contributed by atoms with Gasteiger partial charge in [-0.15, -0.1) is 0 Å². The first-order chi connectivity index (χ1) is 18.0. The van der Waals surface area contributed by atoms with Crippen molar-refractivity contribution in [3.8, 4) is 0 Å². The summed E-state index contributed by atoms with van der Waals surface area (Å²) in [6, 6.07) is 4.46. The molecule has 0 aliphatic heterocycles. The van der Waals surface area contributed by atoms with Gasteiger partial charge >= 0.3 is 11.9 Å². The molecule has 3 amide bonds. The van der Waals surface area contributed by atoms with Crippen molar-refractivity contribution in [2.24, 2.45) is 11.7 Å². The van der Waals surface area contributed by atoms with Crippen LogP contribution in [0.1, 0.15) is 37.9 Å². The highest BCUT2D eigenvalue weighted by Crippen LogP contribution is 2.08. The molecule has 2 aromatic rings. The van der Waals surface area contributed by atoms with Gasteiger partial charge in [-0.05, 0) is 24.3 Å². The van der Waals surface area contributed by atoms with E-state index in [9.17, 15) is 29.1 Å². The first kappa shape index (κ1) is 30.0. The van der Waals surface area contributed by atoms with Crippen LogP contribution < -0.4 is 21.7 Å². The van der Waals surface area contributed by atoms with Crippen LogP contribution in [0.3, 0.4) is 0 Å². The molecule has 38 heavy (non-hydrogen) atoms. The molecule has 0 aliphatic rings. The topological polar surface area (TPSA) is 217 Å². The van der Waals surface area contributed by atoms with E-state index in [0.29, 0.717) is 5.69 Å². The van der Waals surface area contributed by atoms with Gasteiger partial charge in [-0.25, -0.2) is 9.78 Å². The zero-order valence-corrected chi connectivity index (χ0v) is 21.2. The van der Waals surface area contributed by atoms with Crippen molar-refractivity contribution in [3.05, 3.63) is 54.1 Å².